The summed E-state index contributed by atoms with van der Waals surface area (Å²) < 4.78 is 57.2. The van der Waals surface area contributed by atoms with E-state index in [1.807, 2.05) is 12.1 Å². The zero-order valence-electron chi connectivity index (χ0n) is 27.1. The van der Waals surface area contributed by atoms with Crippen LogP contribution in [-0.4, -0.2) is 76.5 Å². The summed E-state index contributed by atoms with van der Waals surface area (Å²) in [5.41, 5.74) is 2.86. The predicted octanol–water partition coefficient (Wildman–Crippen LogP) is 5.37. The van der Waals surface area contributed by atoms with Crippen LogP contribution in [0.4, 0.5) is 10.1 Å². The van der Waals surface area contributed by atoms with E-state index in [4.69, 9.17) is 31.0 Å². The van der Waals surface area contributed by atoms with Gasteiger partial charge in [-0.25, -0.2) is 22.7 Å². The molecule has 1 fully saturated rings. The summed E-state index contributed by atoms with van der Waals surface area (Å²) in [4.78, 5) is 14.2. The quantitative estimate of drug-likeness (QED) is 0.319. The number of nitrogens with two attached hydrogens (primary N) is 1. The van der Waals surface area contributed by atoms with E-state index in [0.717, 1.165) is 19.3 Å². The fourth-order valence-electron chi connectivity index (χ4n) is 7.27. The number of hydrogen-bond donors (Lipinski definition) is 2. The summed E-state index contributed by atoms with van der Waals surface area (Å²) in [7, 11) is -2.22. The number of primary sulfonamides is 1. The van der Waals surface area contributed by atoms with Crippen LogP contribution in [-0.2, 0) is 31.3 Å². The van der Waals surface area contributed by atoms with E-state index in [2.05, 4.69) is 22.8 Å². The average molecular weight is 691 g/mol. The molecule has 0 bridgehead atoms. The van der Waals surface area contributed by atoms with E-state index in [1.54, 1.807) is 32.0 Å². The van der Waals surface area contributed by atoms with Gasteiger partial charge in [0.1, 0.15) is 11.9 Å². The van der Waals surface area contributed by atoms with Crippen LogP contribution in [0.15, 0.2) is 36.4 Å². The molecular weight excluding hydrogens is 647 g/mol. The second-order valence-electron chi connectivity index (χ2n) is 13.2. The van der Waals surface area contributed by atoms with Crippen molar-refractivity contribution in [2.45, 2.75) is 81.4 Å². The Labute approximate surface area is 281 Å². The van der Waals surface area contributed by atoms with Gasteiger partial charge in [-0.2, -0.15) is 0 Å². The molecule has 2 aromatic rings. The van der Waals surface area contributed by atoms with Crippen molar-refractivity contribution >= 4 is 33.3 Å². The lowest BCUT2D eigenvalue weighted by Crippen LogP contribution is -2.49. The number of aryl methyl sites for hydroxylation is 1. The van der Waals surface area contributed by atoms with Gasteiger partial charge in [0.25, 0.3) is 0 Å². The molecule has 3 aliphatic rings. The van der Waals surface area contributed by atoms with Crippen molar-refractivity contribution in [1.29, 1.82) is 0 Å². The molecule has 1 saturated heterocycles. The van der Waals surface area contributed by atoms with E-state index in [1.165, 1.54) is 18.2 Å². The molecule has 0 aromatic heterocycles. The smallest absolute Gasteiger partial charge is 0.335 e. The van der Waals surface area contributed by atoms with Gasteiger partial charge in [0.15, 0.2) is 6.17 Å². The maximum atomic E-state index is 15.7. The molecule has 0 saturated carbocycles. The molecule has 2 heterocycles. The van der Waals surface area contributed by atoms with Crippen LogP contribution in [0, 0.1) is 23.7 Å². The Bertz CT molecular complexity index is 1630. The molecule has 0 amide bonds. The molecule has 256 valence electrons. The second kappa shape index (κ2) is 14.7. The molecule has 3 N–H and O–H groups in total. The number of benzene rings is 2. The zero-order chi connectivity index (χ0) is 33.9. The fourth-order valence-corrected chi connectivity index (χ4v) is 8.25. The van der Waals surface area contributed by atoms with Crippen molar-refractivity contribution in [2.24, 2.45) is 17.0 Å². The molecule has 0 radical (unpaired) electrons. The monoisotopic (exact) mass is 690 g/mol. The van der Waals surface area contributed by atoms with Gasteiger partial charge in [0, 0.05) is 49.6 Å². The maximum Gasteiger partial charge on any atom is 0.335 e. The average Bonchev–Trinajstić information content (AvgIpc) is 3.42. The van der Waals surface area contributed by atoms with E-state index in [0.29, 0.717) is 62.0 Å². The number of alkyl halides is 1. The van der Waals surface area contributed by atoms with E-state index >= 15 is 4.39 Å². The van der Waals surface area contributed by atoms with Crippen LogP contribution in [0.1, 0.15) is 67.4 Å². The van der Waals surface area contributed by atoms with E-state index in [9.17, 15) is 18.3 Å². The maximum absolute atomic E-state index is 15.7. The van der Waals surface area contributed by atoms with Gasteiger partial charge < -0.3 is 24.2 Å². The van der Waals surface area contributed by atoms with Crippen molar-refractivity contribution in [3.05, 3.63) is 58.1 Å². The number of sulfonamides is 1. The molecule has 2 unspecified atom stereocenters. The minimum absolute atomic E-state index is 0.139. The minimum atomic E-state index is -3.66. The number of halogens is 2. The van der Waals surface area contributed by atoms with Gasteiger partial charge in [-0.1, -0.05) is 30.5 Å². The first kappa shape index (κ1) is 35.4. The third-order valence-electron chi connectivity index (χ3n) is 10.2. The number of aromatic carboxylic acids is 1. The Morgan fingerprint density at radius 1 is 1.28 bits per heavy atom. The lowest BCUT2D eigenvalue weighted by molar-refractivity contribution is -0.0646. The highest BCUT2D eigenvalue weighted by atomic mass is 35.5. The van der Waals surface area contributed by atoms with Gasteiger partial charge in [-0.15, -0.1) is 5.92 Å². The number of hydrogen-bond acceptors (Lipinski definition) is 7. The number of nitrogens with zero attached hydrogens (tertiary/aromatic N) is 1. The summed E-state index contributed by atoms with van der Waals surface area (Å²) >= 11 is 6.38. The predicted molar refractivity (Wildman–Crippen MR) is 179 cm³/mol. The Hall–Kier alpha value is -2.88. The highest BCUT2D eigenvalue weighted by Crippen LogP contribution is 2.45. The topological polar surface area (TPSA) is 128 Å². The first-order chi connectivity index (χ1) is 22.3. The molecule has 12 heteroatoms. The fraction of sp³-hybridized carbons (Fsp3) is 0.571. The van der Waals surface area contributed by atoms with Crippen molar-refractivity contribution in [2.75, 3.05) is 38.3 Å². The number of methoxy groups -OCH3 is 1. The summed E-state index contributed by atoms with van der Waals surface area (Å²) in [6, 6.07) is 10.9. The zero-order valence-corrected chi connectivity index (χ0v) is 28.7. The van der Waals surface area contributed by atoms with E-state index < -0.39 is 39.6 Å². The number of rotatable bonds is 10. The van der Waals surface area contributed by atoms with Gasteiger partial charge in [-0.3, -0.25) is 0 Å². The van der Waals surface area contributed by atoms with Gasteiger partial charge in [0.2, 0.25) is 10.0 Å². The van der Waals surface area contributed by atoms with Crippen LogP contribution >= 0.6 is 11.6 Å². The van der Waals surface area contributed by atoms with Crippen LogP contribution < -0.4 is 14.8 Å². The van der Waals surface area contributed by atoms with Gasteiger partial charge >= 0.3 is 5.97 Å². The number of carboxylic acids is 1. The molecule has 5 rings (SSSR count). The summed E-state index contributed by atoms with van der Waals surface area (Å²) in [6.45, 7) is 5.25. The lowest BCUT2D eigenvalue weighted by Gasteiger charge is -2.42. The third kappa shape index (κ3) is 7.89. The Morgan fingerprint density at radius 3 is 2.79 bits per heavy atom. The Balaban J connectivity index is 1.38. The lowest BCUT2D eigenvalue weighted by atomic mass is 9.70. The molecule has 47 heavy (non-hydrogen) atoms. The van der Waals surface area contributed by atoms with Gasteiger partial charge in [-0.05, 0) is 86.4 Å². The Kier molecular flexibility index (Phi) is 11.1. The highest BCUT2D eigenvalue weighted by Gasteiger charge is 2.45. The summed E-state index contributed by atoms with van der Waals surface area (Å²) in [6.07, 6.45) is 1.05. The van der Waals surface area contributed by atoms with Crippen LogP contribution in [0.3, 0.4) is 0 Å². The molecule has 7 atom stereocenters. The second-order valence-corrected chi connectivity index (χ2v) is 15.6. The largest absolute Gasteiger partial charge is 0.490 e. The van der Waals surface area contributed by atoms with Gasteiger partial charge in [0.05, 0.1) is 29.2 Å². The van der Waals surface area contributed by atoms with Crippen molar-refractivity contribution in [3.8, 4) is 17.6 Å². The number of fused-ring (bicyclic) bond motifs is 3. The first-order valence-electron chi connectivity index (χ1n) is 16.2. The summed E-state index contributed by atoms with van der Waals surface area (Å²) in [5, 5.41) is 15.1. The summed E-state index contributed by atoms with van der Waals surface area (Å²) in [5.74, 6) is 4.73. The first-order valence-corrected chi connectivity index (χ1v) is 18.1. The molecule has 2 aromatic carbocycles. The minimum Gasteiger partial charge on any atom is -0.490 e. The van der Waals surface area contributed by atoms with Crippen molar-refractivity contribution in [1.82, 2.24) is 0 Å². The van der Waals surface area contributed by atoms with Crippen molar-refractivity contribution < 1.29 is 36.9 Å². The number of carboxylic acid groups (broad SMARTS) is 1. The number of carbonyl (C=O) groups is 1. The molecule has 1 aliphatic carbocycles. The normalized spacial score (nSPS) is 24.9. The molecular formula is C35H44ClFN2O7S. The van der Waals surface area contributed by atoms with Crippen LogP contribution in [0.5, 0.6) is 5.75 Å². The van der Waals surface area contributed by atoms with Crippen LogP contribution in [0.25, 0.3) is 0 Å². The number of anilines is 1. The third-order valence-corrected chi connectivity index (χ3v) is 11.9. The molecule has 9 nitrogen and oxygen atoms in total. The highest BCUT2D eigenvalue weighted by molar-refractivity contribution is 7.89. The van der Waals surface area contributed by atoms with Crippen LogP contribution in [0.2, 0.25) is 5.02 Å². The number of ether oxygens (including phenoxy) is 3. The standard InChI is InChI=1S/C35H44ClFN2O7S/c1-22(23(2)47(38,42)43)7-4-5-9-29(37)33(44-3)32-26(14-16-45-32)19-39-20-35(15-6-8-24-17-27(36)11-12-28(24)35)21-46-31-13-10-25(34(40)41)18-30(31)39/h10-13,17-18,22-23,26,29,32-33H,4,6-8,14-16,19-21H2,1-3H3,(H,40,41)(H2,38,42,43)/t22-,23+,26-,29?,32+,33?,35-/m0/s1. The van der Waals surface area contributed by atoms with Crippen molar-refractivity contribution in [3.63, 3.8) is 0 Å². The Morgan fingerprint density at radius 2 is 2.06 bits per heavy atom. The SMILES string of the molecule is COC(C(F)C#CCC[C@H](C)[C@@H](C)S(N)(=O)=O)[C@@H]1OCC[C@H]1CN1C[C@@]2(CCCc3cc(Cl)ccc32)COc2ccc(C(=O)O)cc21. The molecule has 2 aliphatic heterocycles. The van der Waals surface area contributed by atoms with E-state index in [-0.39, 0.29) is 22.8 Å². The molecule has 1 spiro atoms.